The molecule has 0 saturated heterocycles. The number of nitrogens with zero attached hydrogens (tertiary/aromatic N) is 2. The van der Waals surface area contributed by atoms with Gasteiger partial charge in [-0.15, -0.1) is 11.3 Å². The molecular formula is C15H13ClN2O2S. The summed E-state index contributed by atoms with van der Waals surface area (Å²) in [6.45, 7) is 4.11. The zero-order valence-corrected chi connectivity index (χ0v) is 13.4. The van der Waals surface area contributed by atoms with Crippen LogP contribution in [0.4, 0.5) is 0 Å². The summed E-state index contributed by atoms with van der Waals surface area (Å²) in [6.07, 6.45) is 1.51. The van der Waals surface area contributed by atoms with Crippen LogP contribution in [0.5, 0.6) is 17.4 Å². The van der Waals surface area contributed by atoms with Crippen LogP contribution in [0.25, 0.3) is 10.2 Å². The van der Waals surface area contributed by atoms with Crippen molar-refractivity contribution in [2.75, 3.05) is 7.11 Å². The fourth-order valence-corrected chi connectivity index (χ4v) is 3.21. The second-order valence-corrected chi connectivity index (χ2v) is 6.18. The molecule has 108 valence electrons. The van der Waals surface area contributed by atoms with Crippen LogP contribution < -0.4 is 9.47 Å². The molecule has 0 saturated carbocycles. The molecule has 6 heteroatoms. The summed E-state index contributed by atoms with van der Waals surface area (Å²) in [7, 11) is 1.58. The number of benzene rings is 1. The van der Waals surface area contributed by atoms with Gasteiger partial charge in [0, 0.05) is 16.0 Å². The minimum absolute atomic E-state index is 0.530. The number of halogens is 1. The molecule has 0 fully saturated rings. The van der Waals surface area contributed by atoms with Crippen molar-refractivity contribution >= 4 is 33.2 Å². The first kappa shape index (κ1) is 14.1. The van der Waals surface area contributed by atoms with E-state index in [4.69, 9.17) is 21.1 Å². The predicted octanol–water partition coefficient (Wildman–Crippen LogP) is 4.76. The lowest BCUT2D eigenvalue weighted by Crippen LogP contribution is -1.93. The van der Waals surface area contributed by atoms with E-state index in [-0.39, 0.29) is 0 Å². The van der Waals surface area contributed by atoms with E-state index in [1.165, 1.54) is 11.2 Å². The van der Waals surface area contributed by atoms with E-state index in [0.717, 1.165) is 15.8 Å². The van der Waals surface area contributed by atoms with Crippen LogP contribution in [0, 0.1) is 13.8 Å². The second-order valence-electron chi connectivity index (χ2n) is 4.54. The molecule has 0 amide bonds. The van der Waals surface area contributed by atoms with Crippen molar-refractivity contribution in [1.29, 1.82) is 0 Å². The number of fused-ring (bicyclic) bond motifs is 1. The third kappa shape index (κ3) is 2.54. The van der Waals surface area contributed by atoms with Gasteiger partial charge in [-0.25, -0.2) is 9.97 Å². The standard InChI is InChI=1S/C15H13ClN2O2S/c1-8-9(2)21-15-13(8)14(17-7-18-15)20-11-5-4-10(16)6-12(11)19-3/h4-7H,1-3H3. The summed E-state index contributed by atoms with van der Waals surface area (Å²) in [5.41, 5.74) is 1.14. The molecule has 0 spiro atoms. The summed E-state index contributed by atoms with van der Waals surface area (Å²) < 4.78 is 11.2. The van der Waals surface area contributed by atoms with Gasteiger partial charge in [-0.1, -0.05) is 11.6 Å². The fraction of sp³-hybridized carbons (Fsp3) is 0.200. The molecule has 4 nitrogen and oxygen atoms in total. The normalized spacial score (nSPS) is 10.9. The molecule has 2 aromatic heterocycles. The zero-order valence-electron chi connectivity index (χ0n) is 11.8. The number of methoxy groups -OCH3 is 1. The summed E-state index contributed by atoms with van der Waals surface area (Å²) in [5.74, 6) is 1.67. The first-order chi connectivity index (χ1) is 10.1. The number of hydrogen-bond donors (Lipinski definition) is 0. The zero-order chi connectivity index (χ0) is 15.0. The van der Waals surface area contributed by atoms with E-state index in [1.54, 1.807) is 36.6 Å². The van der Waals surface area contributed by atoms with Gasteiger partial charge in [-0.05, 0) is 31.5 Å². The van der Waals surface area contributed by atoms with Crippen molar-refractivity contribution in [3.8, 4) is 17.4 Å². The van der Waals surface area contributed by atoms with Crippen LogP contribution in [0.2, 0.25) is 5.02 Å². The van der Waals surface area contributed by atoms with Crippen LogP contribution in [-0.4, -0.2) is 17.1 Å². The van der Waals surface area contributed by atoms with E-state index >= 15 is 0 Å². The maximum atomic E-state index is 5.96. The van der Waals surface area contributed by atoms with Gasteiger partial charge in [0.05, 0.1) is 12.5 Å². The van der Waals surface area contributed by atoms with Gasteiger partial charge in [0.2, 0.25) is 5.88 Å². The summed E-state index contributed by atoms with van der Waals surface area (Å²) in [6, 6.07) is 5.23. The van der Waals surface area contributed by atoms with Gasteiger partial charge in [0.15, 0.2) is 11.5 Å². The van der Waals surface area contributed by atoms with Gasteiger partial charge in [-0.3, -0.25) is 0 Å². The lowest BCUT2D eigenvalue weighted by molar-refractivity contribution is 0.375. The Hall–Kier alpha value is -1.85. The number of hydrogen-bond acceptors (Lipinski definition) is 5. The molecule has 0 aliphatic carbocycles. The topological polar surface area (TPSA) is 44.2 Å². The van der Waals surface area contributed by atoms with Crippen molar-refractivity contribution in [2.24, 2.45) is 0 Å². The van der Waals surface area contributed by atoms with Crippen LogP contribution in [0.15, 0.2) is 24.5 Å². The Morgan fingerprint density at radius 1 is 1.14 bits per heavy atom. The Bertz CT molecular complexity index is 817. The van der Waals surface area contributed by atoms with Gasteiger partial charge in [0.1, 0.15) is 11.2 Å². The fourth-order valence-electron chi connectivity index (χ4n) is 2.06. The first-order valence-corrected chi connectivity index (χ1v) is 7.51. The maximum Gasteiger partial charge on any atom is 0.231 e. The van der Waals surface area contributed by atoms with Crippen LogP contribution in [0.1, 0.15) is 10.4 Å². The average molecular weight is 321 g/mol. The molecule has 3 aromatic rings. The monoisotopic (exact) mass is 320 g/mol. The van der Waals surface area contributed by atoms with Crippen molar-refractivity contribution in [1.82, 2.24) is 9.97 Å². The average Bonchev–Trinajstić information content (AvgIpc) is 2.77. The Balaban J connectivity index is 2.10. The largest absolute Gasteiger partial charge is 0.493 e. The number of ether oxygens (including phenoxy) is 2. The molecule has 0 aliphatic heterocycles. The third-order valence-corrected chi connectivity index (χ3v) is 4.61. The number of aromatic nitrogens is 2. The molecule has 0 bridgehead atoms. The molecule has 0 atom stereocenters. The molecule has 0 N–H and O–H groups in total. The molecule has 1 aromatic carbocycles. The highest BCUT2D eigenvalue weighted by atomic mass is 35.5. The minimum atomic E-state index is 0.530. The number of thiophene rings is 1. The van der Waals surface area contributed by atoms with Gasteiger partial charge >= 0.3 is 0 Å². The summed E-state index contributed by atoms with van der Waals surface area (Å²) >= 11 is 7.60. The van der Waals surface area contributed by atoms with Crippen molar-refractivity contribution < 1.29 is 9.47 Å². The SMILES string of the molecule is COc1cc(Cl)ccc1Oc1ncnc2sc(C)c(C)c12. The van der Waals surface area contributed by atoms with E-state index in [2.05, 4.69) is 16.9 Å². The van der Waals surface area contributed by atoms with E-state index in [9.17, 15) is 0 Å². The first-order valence-electron chi connectivity index (χ1n) is 6.32. The van der Waals surface area contributed by atoms with Crippen molar-refractivity contribution in [3.63, 3.8) is 0 Å². The highest BCUT2D eigenvalue weighted by Gasteiger charge is 2.15. The molecule has 0 radical (unpaired) electrons. The van der Waals surface area contributed by atoms with Gasteiger partial charge in [-0.2, -0.15) is 0 Å². The molecule has 0 aliphatic rings. The molecular weight excluding hydrogens is 308 g/mol. The number of aryl methyl sites for hydroxylation is 2. The number of rotatable bonds is 3. The van der Waals surface area contributed by atoms with Crippen LogP contribution >= 0.6 is 22.9 Å². The predicted molar refractivity (Wildman–Crippen MR) is 85.0 cm³/mol. The molecule has 2 heterocycles. The smallest absolute Gasteiger partial charge is 0.231 e. The summed E-state index contributed by atoms with van der Waals surface area (Å²) in [4.78, 5) is 10.7. The van der Waals surface area contributed by atoms with Gasteiger partial charge in [0.25, 0.3) is 0 Å². The van der Waals surface area contributed by atoms with Gasteiger partial charge < -0.3 is 9.47 Å². The lowest BCUT2D eigenvalue weighted by Gasteiger charge is -2.10. The Labute approximate surface area is 131 Å². The van der Waals surface area contributed by atoms with Crippen LogP contribution in [-0.2, 0) is 0 Å². The second kappa shape index (κ2) is 5.50. The van der Waals surface area contributed by atoms with Crippen LogP contribution in [0.3, 0.4) is 0 Å². The minimum Gasteiger partial charge on any atom is -0.493 e. The highest BCUT2D eigenvalue weighted by Crippen LogP contribution is 2.38. The van der Waals surface area contributed by atoms with Crippen molar-refractivity contribution in [3.05, 3.63) is 40.0 Å². The summed E-state index contributed by atoms with van der Waals surface area (Å²) in [5, 5.41) is 1.53. The van der Waals surface area contributed by atoms with E-state index < -0.39 is 0 Å². The Morgan fingerprint density at radius 3 is 2.71 bits per heavy atom. The molecule has 0 unspecified atom stereocenters. The van der Waals surface area contributed by atoms with Crippen molar-refractivity contribution in [2.45, 2.75) is 13.8 Å². The maximum absolute atomic E-state index is 5.96. The Morgan fingerprint density at radius 2 is 1.95 bits per heavy atom. The molecule has 21 heavy (non-hydrogen) atoms. The lowest BCUT2D eigenvalue weighted by atomic mass is 10.2. The third-order valence-electron chi connectivity index (χ3n) is 3.26. The Kier molecular flexibility index (Phi) is 3.69. The highest BCUT2D eigenvalue weighted by molar-refractivity contribution is 7.18. The molecule has 3 rings (SSSR count). The van der Waals surface area contributed by atoms with E-state index in [0.29, 0.717) is 22.4 Å². The quantitative estimate of drug-likeness (QED) is 0.697. The van der Waals surface area contributed by atoms with E-state index in [1.807, 2.05) is 6.92 Å².